The third kappa shape index (κ3) is 3.68. The lowest BCUT2D eigenvalue weighted by molar-refractivity contribution is 0.0924. The Kier molecular flexibility index (Phi) is 5.37. The average Bonchev–Trinajstić information content (AvgIpc) is 3.62. The topological polar surface area (TPSA) is 88.9 Å². The zero-order chi connectivity index (χ0) is 23.1. The lowest BCUT2D eigenvalue weighted by atomic mass is 10.0. The quantitative estimate of drug-likeness (QED) is 0.478. The second-order valence-corrected chi connectivity index (χ2v) is 9.16. The maximum atomic E-state index is 13.5. The highest BCUT2D eigenvalue weighted by molar-refractivity contribution is 5.80. The molecule has 0 saturated carbocycles. The Bertz CT molecular complexity index is 1390. The highest BCUT2D eigenvalue weighted by Crippen LogP contribution is 2.37. The van der Waals surface area contributed by atoms with Gasteiger partial charge in [-0.3, -0.25) is 4.79 Å². The number of hydrogen-bond donors (Lipinski definition) is 1. The Morgan fingerprint density at radius 2 is 2.12 bits per heavy atom. The van der Waals surface area contributed by atoms with Crippen LogP contribution in [0.2, 0.25) is 0 Å². The van der Waals surface area contributed by atoms with Crippen molar-refractivity contribution in [1.82, 2.24) is 25.2 Å². The molecule has 0 spiro atoms. The van der Waals surface area contributed by atoms with Gasteiger partial charge in [-0.15, -0.1) is 5.10 Å². The number of aryl methyl sites for hydroxylation is 1. The summed E-state index contributed by atoms with van der Waals surface area (Å²) in [5.41, 5.74) is 5.01. The standard InChI is InChI=1S/C26H28N6O2/c1-2-17-9-10-22-19(14-17)15-21(26(33)27-22)24(31-12-11-18-6-3-4-8-23(18)31)25-28-29-30-32(25)16-20-7-5-13-34-20/h3-4,6,8-10,14-15,20,24H,2,5,7,11-13,16H2,1H3,(H,27,33). The fourth-order valence-corrected chi connectivity index (χ4v) is 5.29. The van der Waals surface area contributed by atoms with Crippen molar-refractivity contribution in [2.24, 2.45) is 0 Å². The number of benzene rings is 2. The van der Waals surface area contributed by atoms with Gasteiger partial charge in [-0.25, -0.2) is 4.68 Å². The van der Waals surface area contributed by atoms with Crippen LogP contribution in [0.1, 0.15) is 48.3 Å². The van der Waals surface area contributed by atoms with E-state index in [0.29, 0.717) is 17.9 Å². The molecule has 174 valence electrons. The molecular weight excluding hydrogens is 428 g/mol. The number of hydrogen-bond acceptors (Lipinski definition) is 6. The summed E-state index contributed by atoms with van der Waals surface area (Å²) in [5.74, 6) is 0.670. The van der Waals surface area contributed by atoms with Crippen LogP contribution in [0, 0.1) is 0 Å². The molecule has 6 rings (SSSR count). The van der Waals surface area contributed by atoms with Gasteiger partial charge in [0.05, 0.1) is 12.6 Å². The van der Waals surface area contributed by atoms with E-state index in [0.717, 1.165) is 55.4 Å². The van der Waals surface area contributed by atoms with Gasteiger partial charge in [0.1, 0.15) is 6.04 Å². The molecule has 8 heteroatoms. The van der Waals surface area contributed by atoms with E-state index in [2.05, 4.69) is 62.7 Å². The lowest BCUT2D eigenvalue weighted by Gasteiger charge is -2.29. The smallest absolute Gasteiger partial charge is 0.254 e. The van der Waals surface area contributed by atoms with E-state index < -0.39 is 6.04 Å². The van der Waals surface area contributed by atoms with Crippen LogP contribution in [-0.4, -0.2) is 44.4 Å². The van der Waals surface area contributed by atoms with Gasteiger partial charge in [-0.05, 0) is 76.9 Å². The summed E-state index contributed by atoms with van der Waals surface area (Å²) in [7, 11) is 0. The van der Waals surface area contributed by atoms with Gasteiger partial charge < -0.3 is 14.6 Å². The van der Waals surface area contributed by atoms with Gasteiger partial charge >= 0.3 is 0 Å². The summed E-state index contributed by atoms with van der Waals surface area (Å²) in [5, 5.41) is 13.8. The molecule has 0 radical (unpaired) electrons. The molecular formula is C26H28N6O2. The van der Waals surface area contributed by atoms with Gasteiger partial charge in [-0.1, -0.05) is 31.2 Å². The molecule has 4 heterocycles. The second kappa shape index (κ2) is 8.68. The first-order chi connectivity index (χ1) is 16.7. The number of tetrazole rings is 1. The number of nitrogens with one attached hydrogen (secondary N) is 1. The molecule has 34 heavy (non-hydrogen) atoms. The number of fused-ring (bicyclic) bond motifs is 2. The molecule has 2 aromatic heterocycles. The first-order valence-electron chi connectivity index (χ1n) is 12.1. The van der Waals surface area contributed by atoms with E-state index in [1.165, 1.54) is 11.1 Å². The molecule has 4 aromatic rings. The summed E-state index contributed by atoms with van der Waals surface area (Å²) < 4.78 is 7.68. The molecule has 2 aliphatic heterocycles. The van der Waals surface area contributed by atoms with Crippen LogP contribution >= 0.6 is 0 Å². The summed E-state index contributed by atoms with van der Waals surface area (Å²) in [6.07, 6.45) is 4.00. The number of para-hydroxylation sites is 1. The number of rotatable bonds is 6. The van der Waals surface area contributed by atoms with Crippen LogP contribution in [0.5, 0.6) is 0 Å². The maximum absolute atomic E-state index is 13.5. The van der Waals surface area contributed by atoms with Crippen molar-refractivity contribution in [3.63, 3.8) is 0 Å². The van der Waals surface area contributed by atoms with Gasteiger partial charge in [-0.2, -0.15) is 0 Å². The predicted octanol–water partition coefficient (Wildman–Crippen LogP) is 3.41. The van der Waals surface area contributed by atoms with Crippen molar-refractivity contribution >= 4 is 16.6 Å². The predicted molar refractivity (Wildman–Crippen MR) is 130 cm³/mol. The summed E-state index contributed by atoms with van der Waals surface area (Å²) >= 11 is 0. The van der Waals surface area contributed by atoms with Crippen LogP contribution in [-0.2, 0) is 24.1 Å². The zero-order valence-corrected chi connectivity index (χ0v) is 19.3. The minimum absolute atomic E-state index is 0.0933. The Labute approximate surface area is 197 Å². The van der Waals surface area contributed by atoms with Crippen LogP contribution < -0.4 is 10.5 Å². The number of nitrogens with zero attached hydrogens (tertiary/aromatic N) is 5. The maximum Gasteiger partial charge on any atom is 0.254 e. The van der Waals surface area contributed by atoms with E-state index in [1.54, 1.807) is 0 Å². The lowest BCUT2D eigenvalue weighted by Crippen LogP contribution is -2.35. The second-order valence-electron chi connectivity index (χ2n) is 9.16. The molecule has 2 atom stereocenters. The molecule has 8 nitrogen and oxygen atoms in total. The van der Waals surface area contributed by atoms with E-state index in [1.807, 2.05) is 22.9 Å². The summed E-state index contributed by atoms with van der Waals surface area (Å²) in [6, 6.07) is 16.2. The van der Waals surface area contributed by atoms with Crippen molar-refractivity contribution in [3.8, 4) is 0 Å². The Hall–Kier alpha value is -3.52. The van der Waals surface area contributed by atoms with Crippen LogP contribution in [0.25, 0.3) is 10.9 Å². The number of anilines is 1. The fourth-order valence-electron chi connectivity index (χ4n) is 5.29. The molecule has 2 aliphatic rings. The van der Waals surface area contributed by atoms with Gasteiger partial charge in [0, 0.05) is 29.9 Å². The van der Waals surface area contributed by atoms with Crippen molar-refractivity contribution in [3.05, 3.63) is 81.4 Å². The van der Waals surface area contributed by atoms with Gasteiger partial charge in [0.15, 0.2) is 5.82 Å². The van der Waals surface area contributed by atoms with Crippen molar-refractivity contribution < 1.29 is 4.74 Å². The van der Waals surface area contributed by atoms with Crippen LogP contribution in [0.4, 0.5) is 5.69 Å². The van der Waals surface area contributed by atoms with Crippen molar-refractivity contribution in [2.75, 3.05) is 18.1 Å². The monoisotopic (exact) mass is 456 g/mol. The van der Waals surface area contributed by atoms with E-state index in [-0.39, 0.29) is 11.7 Å². The van der Waals surface area contributed by atoms with E-state index >= 15 is 0 Å². The number of H-pyrrole nitrogens is 1. The van der Waals surface area contributed by atoms with Crippen molar-refractivity contribution in [1.29, 1.82) is 0 Å². The Morgan fingerprint density at radius 3 is 2.97 bits per heavy atom. The molecule has 0 bridgehead atoms. The first kappa shape index (κ1) is 21.0. The molecule has 2 aromatic carbocycles. The Morgan fingerprint density at radius 1 is 1.21 bits per heavy atom. The molecule has 1 saturated heterocycles. The van der Waals surface area contributed by atoms with Gasteiger partial charge in [0.25, 0.3) is 5.56 Å². The van der Waals surface area contributed by atoms with Crippen molar-refractivity contribution in [2.45, 2.75) is 51.3 Å². The first-order valence-corrected chi connectivity index (χ1v) is 12.1. The van der Waals surface area contributed by atoms with Crippen LogP contribution in [0.3, 0.4) is 0 Å². The van der Waals surface area contributed by atoms with E-state index in [4.69, 9.17) is 4.74 Å². The molecule has 1 fully saturated rings. The Balaban J connectivity index is 1.51. The highest BCUT2D eigenvalue weighted by Gasteiger charge is 2.34. The minimum Gasteiger partial charge on any atom is -0.376 e. The van der Waals surface area contributed by atoms with Gasteiger partial charge in [0.2, 0.25) is 0 Å². The number of pyridine rings is 1. The molecule has 0 amide bonds. The molecule has 1 N–H and O–H groups in total. The minimum atomic E-state index is -0.404. The number of ether oxygens (including phenoxy) is 1. The highest BCUT2D eigenvalue weighted by atomic mass is 16.5. The largest absolute Gasteiger partial charge is 0.376 e. The molecule has 0 aliphatic carbocycles. The molecule has 2 unspecified atom stereocenters. The third-order valence-electron chi connectivity index (χ3n) is 7.08. The summed E-state index contributed by atoms with van der Waals surface area (Å²) in [6.45, 7) is 4.29. The average molecular weight is 457 g/mol. The van der Waals surface area contributed by atoms with E-state index in [9.17, 15) is 4.79 Å². The fraction of sp³-hybridized carbons (Fsp3) is 0.385. The normalized spacial score (nSPS) is 18.5. The summed E-state index contributed by atoms with van der Waals surface area (Å²) in [4.78, 5) is 18.8. The zero-order valence-electron chi connectivity index (χ0n) is 19.3. The third-order valence-corrected chi connectivity index (χ3v) is 7.08. The number of aromatic amines is 1. The SMILES string of the molecule is CCc1ccc2[nH]c(=O)c(C(c3nnnn3CC3CCCO3)N3CCc4ccccc43)cc2c1. The number of aromatic nitrogens is 5. The van der Waals surface area contributed by atoms with Crippen LogP contribution in [0.15, 0.2) is 53.3 Å².